The van der Waals surface area contributed by atoms with E-state index in [0.29, 0.717) is 17.5 Å². The molecule has 0 unspecified atom stereocenters. The van der Waals surface area contributed by atoms with Crippen LogP contribution in [-0.2, 0) is 22.8 Å². The van der Waals surface area contributed by atoms with Crippen LogP contribution in [0.2, 0.25) is 0 Å². The van der Waals surface area contributed by atoms with E-state index in [1.165, 1.54) is 30.8 Å². The molecule has 4 aromatic rings. The van der Waals surface area contributed by atoms with Crippen LogP contribution in [0.25, 0.3) is 34.1 Å². The van der Waals surface area contributed by atoms with E-state index < -0.39 is 27.6 Å². The molecule has 0 N–H and O–H groups in total. The van der Waals surface area contributed by atoms with Gasteiger partial charge in [0.2, 0.25) is 0 Å². The first-order valence-corrected chi connectivity index (χ1v) is 12.2. The van der Waals surface area contributed by atoms with E-state index in [0.717, 1.165) is 12.8 Å². The van der Waals surface area contributed by atoms with E-state index in [9.17, 15) is 30.4 Å². The van der Waals surface area contributed by atoms with Gasteiger partial charge in [-0.1, -0.05) is 6.92 Å². The van der Waals surface area contributed by atoms with Crippen molar-refractivity contribution in [1.29, 1.82) is 0 Å². The van der Waals surface area contributed by atoms with Crippen molar-refractivity contribution in [3.8, 4) is 22.9 Å². The number of aryl methyl sites for hydroxylation is 1. The van der Waals surface area contributed by atoms with Gasteiger partial charge in [-0.25, -0.2) is 18.1 Å². The lowest BCUT2D eigenvalue weighted by molar-refractivity contribution is -0.291. The Morgan fingerprint density at radius 3 is 2.42 bits per heavy atom. The molecule has 1 aliphatic carbocycles. The van der Waals surface area contributed by atoms with Gasteiger partial charge in [0.05, 0.1) is 16.7 Å². The van der Waals surface area contributed by atoms with Crippen molar-refractivity contribution >= 4 is 21.0 Å². The Bertz CT molecular complexity index is 1590. The Labute approximate surface area is 199 Å². The molecule has 190 valence electrons. The monoisotopic (exact) mass is 529 g/mol. The van der Waals surface area contributed by atoms with Crippen molar-refractivity contribution in [2.75, 3.05) is 5.75 Å². The number of alkyl halides is 5. The summed E-state index contributed by atoms with van der Waals surface area (Å²) in [7, 11) is -2.53. The number of hydrogen-bond donors (Lipinski definition) is 0. The number of aromatic nitrogens is 9. The van der Waals surface area contributed by atoms with Crippen LogP contribution >= 0.6 is 0 Å². The van der Waals surface area contributed by atoms with Crippen LogP contribution in [0, 0.1) is 0 Å². The molecule has 4 aromatic heterocycles. The number of pyridine rings is 1. The number of hydrogen-bond acceptors (Lipinski definition) is 9. The summed E-state index contributed by atoms with van der Waals surface area (Å²) in [5.41, 5.74) is -1.94. The van der Waals surface area contributed by atoms with Crippen LogP contribution in [0.1, 0.15) is 31.5 Å². The molecule has 0 bridgehead atoms. The van der Waals surface area contributed by atoms with Crippen LogP contribution in [0.15, 0.2) is 23.2 Å². The van der Waals surface area contributed by atoms with Crippen LogP contribution in [0.5, 0.6) is 0 Å². The van der Waals surface area contributed by atoms with E-state index >= 15 is 0 Å². The second-order valence-electron chi connectivity index (χ2n) is 8.16. The Kier molecular flexibility index (Phi) is 5.31. The standard InChI is InChI=1S/C19H16F5N9O2S/c1-3-36(34,35)12-6-9(15-29-30-31-33(15)10-4-5-10)8-25-14(12)17-26-11-7-13(18(20,21)19(22,23)24)27-28-16(11)32(17)2/h6-8,10H,3-5H2,1-2H3. The predicted octanol–water partition coefficient (Wildman–Crippen LogP) is 2.86. The minimum atomic E-state index is -5.89. The third-order valence-electron chi connectivity index (χ3n) is 5.72. The first-order chi connectivity index (χ1) is 16.8. The molecular weight excluding hydrogens is 513 g/mol. The van der Waals surface area contributed by atoms with E-state index in [-0.39, 0.29) is 39.4 Å². The second kappa shape index (κ2) is 7.94. The molecule has 4 heterocycles. The molecule has 0 amide bonds. The van der Waals surface area contributed by atoms with Gasteiger partial charge in [-0.05, 0) is 35.4 Å². The lowest BCUT2D eigenvalue weighted by Gasteiger charge is -2.17. The molecule has 5 rings (SSSR count). The number of tetrazole rings is 1. The molecule has 36 heavy (non-hydrogen) atoms. The summed E-state index contributed by atoms with van der Waals surface area (Å²) in [5, 5.41) is 18.1. The molecule has 17 heteroatoms. The van der Waals surface area contributed by atoms with E-state index in [2.05, 4.69) is 35.7 Å². The molecule has 11 nitrogen and oxygen atoms in total. The van der Waals surface area contributed by atoms with Crippen LogP contribution in [-0.4, -0.2) is 65.3 Å². The van der Waals surface area contributed by atoms with E-state index in [4.69, 9.17) is 0 Å². The summed E-state index contributed by atoms with van der Waals surface area (Å²) in [6.45, 7) is 1.42. The van der Waals surface area contributed by atoms with E-state index in [1.54, 1.807) is 4.68 Å². The maximum absolute atomic E-state index is 13.8. The molecule has 0 atom stereocenters. The predicted molar refractivity (Wildman–Crippen MR) is 112 cm³/mol. The van der Waals surface area contributed by atoms with Crippen molar-refractivity contribution in [3.05, 3.63) is 24.0 Å². The number of halogens is 5. The lowest BCUT2D eigenvalue weighted by atomic mass is 10.2. The molecule has 0 aromatic carbocycles. The minimum Gasteiger partial charge on any atom is -0.309 e. The Morgan fingerprint density at radius 2 is 1.78 bits per heavy atom. The van der Waals surface area contributed by atoms with Gasteiger partial charge in [0, 0.05) is 18.8 Å². The average Bonchev–Trinajstić information content (AvgIpc) is 3.46. The molecule has 1 saturated carbocycles. The van der Waals surface area contributed by atoms with Gasteiger partial charge in [-0.3, -0.25) is 4.98 Å². The van der Waals surface area contributed by atoms with Gasteiger partial charge >= 0.3 is 12.1 Å². The summed E-state index contributed by atoms with van der Waals surface area (Å²) in [4.78, 5) is 8.11. The zero-order chi connectivity index (χ0) is 26.0. The van der Waals surface area contributed by atoms with Crippen molar-refractivity contribution in [2.45, 2.75) is 42.8 Å². The number of nitrogens with zero attached hydrogens (tertiary/aromatic N) is 9. The molecule has 1 fully saturated rings. The summed E-state index contributed by atoms with van der Waals surface area (Å²) in [6, 6.07) is 1.90. The third-order valence-corrected chi connectivity index (χ3v) is 7.46. The third kappa shape index (κ3) is 3.77. The van der Waals surface area contributed by atoms with Crippen molar-refractivity contribution in [3.63, 3.8) is 0 Å². The first kappa shape index (κ1) is 24.1. The summed E-state index contributed by atoms with van der Waals surface area (Å²) in [5.74, 6) is -5.36. The largest absolute Gasteiger partial charge is 0.459 e. The minimum absolute atomic E-state index is 0.100. The number of sulfone groups is 1. The van der Waals surface area contributed by atoms with Gasteiger partial charge in [-0.15, -0.1) is 15.3 Å². The highest BCUT2D eigenvalue weighted by Crippen LogP contribution is 2.43. The van der Waals surface area contributed by atoms with Gasteiger partial charge in [-0.2, -0.15) is 22.0 Å². The van der Waals surface area contributed by atoms with Gasteiger partial charge in [0.1, 0.15) is 16.9 Å². The normalized spacial score (nSPS) is 15.1. The summed E-state index contributed by atoms with van der Waals surface area (Å²) in [6.07, 6.45) is -2.80. The number of fused-ring (bicyclic) bond motifs is 1. The van der Waals surface area contributed by atoms with Crippen molar-refractivity contribution in [1.82, 2.24) is 44.9 Å². The second-order valence-corrected chi connectivity index (χ2v) is 10.4. The fourth-order valence-electron chi connectivity index (χ4n) is 3.57. The first-order valence-electron chi connectivity index (χ1n) is 10.5. The van der Waals surface area contributed by atoms with E-state index in [1.807, 2.05) is 0 Å². The molecule has 1 aliphatic rings. The molecule has 0 aliphatic heterocycles. The van der Waals surface area contributed by atoms with Crippen LogP contribution in [0.4, 0.5) is 22.0 Å². The number of imidazole rings is 1. The Hall–Kier alpha value is -3.63. The zero-order valence-corrected chi connectivity index (χ0v) is 19.4. The van der Waals surface area contributed by atoms with Crippen molar-refractivity contribution < 1.29 is 30.4 Å². The highest BCUT2D eigenvalue weighted by atomic mass is 32.2. The molecular formula is C19H16F5N9O2S. The molecule has 0 saturated heterocycles. The summed E-state index contributed by atoms with van der Waals surface area (Å²) >= 11 is 0. The molecule has 0 spiro atoms. The maximum atomic E-state index is 13.8. The fourth-order valence-corrected chi connectivity index (χ4v) is 4.63. The highest BCUT2D eigenvalue weighted by Gasteiger charge is 2.60. The van der Waals surface area contributed by atoms with Gasteiger partial charge in [0.15, 0.2) is 27.1 Å². The maximum Gasteiger partial charge on any atom is 0.459 e. The van der Waals surface area contributed by atoms with Crippen molar-refractivity contribution in [2.24, 2.45) is 7.05 Å². The topological polar surface area (TPSA) is 134 Å². The van der Waals surface area contributed by atoms with Gasteiger partial charge < -0.3 is 4.57 Å². The average molecular weight is 529 g/mol. The smallest absolute Gasteiger partial charge is 0.309 e. The Balaban J connectivity index is 1.67. The Morgan fingerprint density at radius 1 is 1.06 bits per heavy atom. The lowest BCUT2D eigenvalue weighted by Crippen LogP contribution is -2.34. The fraction of sp³-hybridized carbons (Fsp3) is 0.421. The molecule has 0 radical (unpaired) electrons. The zero-order valence-electron chi connectivity index (χ0n) is 18.6. The highest BCUT2D eigenvalue weighted by molar-refractivity contribution is 7.91. The van der Waals surface area contributed by atoms with Crippen LogP contribution < -0.4 is 0 Å². The summed E-state index contributed by atoms with van der Waals surface area (Å²) < 4.78 is 94.7. The quantitative estimate of drug-likeness (QED) is 0.346. The SMILES string of the molecule is CCS(=O)(=O)c1cc(-c2nnnn2C2CC2)cnc1-c1nc2cc(C(F)(F)C(F)(F)F)nnc2n1C. The van der Waals surface area contributed by atoms with Crippen LogP contribution in [0.3, 0.4) is 0 Å². The van der Waals surface area contributed by atoms with Gasteiger partial charge in [0.25, 0.3) is 0 Å². The number of rotatable bonds is 6.